The van der Waals surface area contributed by atoms with Gasteiger partial charge in [-0.3, -0.25) is 4.31 Å². The van der Waals surface area contributed by atoms with Crippen LogP contribution in [0.1, 0.15) is 22.3 Å². The van der Waals surface area contributed by atoms with Crippen molar-refractivity contribution in [3.8, 4) is 0 Å². The van der Waals surface area contributed by atoms with Crippen LogP contribution in [0.5, 0.6) is 0 Å². The highest BCUT2D eigenvalue weighted by atomic mass is 32.2. The first-order valence-corrected chi connectivity index (χ1v) is 8.62. The van der Waals surface area contributed by atoms with Crippen LogP contribution in [0, 0.1) is 20.8 Å². The van der Waals surface area contributed by atoms with Gasteiger partial charge in [0.15, 0.2) is 0 Å². The summed E-state index contributed by atoms with van der Waals surface area (Å²) >= 11 is 0. The predicted octanol–water partition coefficient (Wildman–Crippen LogP) is 4.46. The second-order valence-electron chi connectivity index (χ2n) is 5.75. The van der Waals surface area contributed by atoms with Gasteiger partial charge < -0.3 is 0 Å². The summed E-state index contributed by atoms with van der Waals surface area (Å²) in [5, 5.41) is 0. The highest BCUT2D eigenvalue weighted by molar-refractivity contribution is 7.92. The summed E-state index contributed by atoms with van der Waals surface area (Å²) in [4.78, 5) is 0.119. The van der Waals surface area contributed by atoms with Crippen molar-refractivity contribution in [3.63, 3.8) is 0 Å². The van der Waals surface area contributed by atoms with E-state index in [2.05, 4.69) is 0 Å². The van der Waals surface area contributed by atoms with E-state index >= 15 is 0 Å². The van der Waals surface area contributed by atoms with Crippen LogP contribution in [0.4, 0.5) is 18.9 Å². The zero-order valence-corrected chi connectivity index (χ0v) is 14.6. The second kappa shape index (κ2) is 6.12. The minimum atomic E-state index is -4.53. The summed E-state index contributed by atoms with van der Waals surface area (Å²) in [6.07, 6.45) is -4.53. The quantitative estimate of drug-likeness (QED) is 0.813. The third kappa shape index (κ3) is 3.40. The molecular formula is C17H18F3NO2S. The van der Waals surface area contributed by atoms with Crippen LogP contribution in [-0.4, -0.2) is 15.5 Å². The minimum Gasteiger partial charge on any atom is -0.269 e. The van der Waals surface area contributed by atoms with E-state index in [1.54, 1.807) is 26.0 Å². The van der Waals surface area contributed by atoms with Crippen LogP contribution >= 0.6 is 0 Å². The molecule has 0 aliphatic heterocycles. The van der Waals surface area contributed by atoms with Crippen molar-refractivity contribution in [1.29, 1.82) is 0 Å². The van der Waals surface area contributed by atoms with Crippen LogP contribution < -0.4 is 4.31 Å². The Morgan fingerprint density at radius 2 is 1.50 bits per heavy atom. The zero-order valence-electron chi connectivity index (χ0n) is 13.8. The maximum Gasteiger partial charge on any atom is 0.416 e. The lowest BCUT2D eigenvalue weighted by atomic mass is 10.1. The Hall–Kier alpha value is -2.02. The Morgan fingerprint density at radius 1 is 0.958 bits per heavy atom. The lowest BCUT2D eigenvalue weighted by molar-refractivity contribution is -0.137. The molecule has 0 spiro atoms. The van der Waals surface area contributed by atoms with Gasteiger partial charge >= 0.3 is 6.18 Å². The molecule has 3 nitrogen and oxygen atoms in total. The van der Waals surface area contributed by atoms with Crippen LogP contribution in [0.2, 0.25) is 0 Å². The Bertz CT molecular complexity index is 851. The van der Waals surface area contributed by atoms with Gasteiger partial charge in [-0.2, -0.15) is 13.2 Å². The molecular weight excluding hydrogens is 339 g/mol. The van der Waals surface area contributed by atoms with Crippen molar-refractivity contribution >= 4 is 15.7 Å². The summed E-state index contributed by atoms with van der Waals surface area (Å²) in [5.41, 5.74) is 1.12. The molecule has 0 N–H and O–H groups in total. The number of hydrogen-bond acceptors (Lipinski definition) is 2. The molecule has 130 valence electrons. The molecule has 2 rings (SSSR count). The Balaban J connectivity index is 2.55. The van der Waals surface area contributed by atoms with Gasteiger partial charge in [0.1, 0.15) is 0 Å². The van der Waals surface area contributed by atoms with Gasteiger partial charge in [-0.05, 0) is 50.1 Å². The first-order valence-electron chi connectivity index (χ1n) is 7.18. The van der Waals surface area contributed by atoms with E-state index in [1.165, 1.54) is 19.2 Å². The number of nitrogens with zero attached hydrogens (tertiary/aromatic N) is 1. The van der Waals surface area contributed by atoms with E-state index in [4.69, 9.17) is 0 Å². The molecule has 24 heavy (non-hydrogen) atoms. The van der Waals surface area contributed by atoms with Crippen molar-refractivity contribution in [2.45, 2.75) is 31.8 Å². The number of sulfonamides is 1. The Labute approximate surface area is 139 Å². The summed E-state index contributed by atoms with van der Waals surface area (Å²) < 4.78 is 65.2. The van der Waals surface area contributed by atoms with Gasteiger partial charge in [-0.25, -0.2) is 8.42 Å². The third-order valence-electron chi connectivity index (χ3n) is 3.76. The van der Waals surface area contributed by atoms with E-state index in [1.807, 2.05) is 6.92 Å². The van der Waals surface area contributed by atoms with Crippen LogP contribution in [0.15, 0.2) is 41.3 Å². The number of benzene rings is 2. The molecule has 0 unspecified atom stereocenters. The molecule has 0 saturated carbocycles. The van der Waals surface area contributed by atoms with Crippen molar-refractivity contribution in [1.82, 2.24) is 0 Å². The van der Waals surface area contributed by atoms with Gasteiger partial charge in [0.2, 0.25) is 0 Å². The first-order chi connectivity index (χ1) is 10.9. The lowest BCUT2D eigenvalue weighted by Gasteiger charge is -2.23. The summed E-state index contributed by atoms with van der Waals surface area (Å²) in [5.74, 6) is 0. The average Bonchev–Trinajstić information content (AvgIpc) is 2.44. The van der Waals surface area contributed by atoms with Gasteiger partial charge in [0, 0.05) is 7.05 Å². The number of rotatable bonds is 3. The van der Waals surface area contributed by atoms with E-state index < -0.39 is 21.8 Å². The predicted molar refractivity (Wildman–Crippen MR) is 87.7 cm³/mol. The fraction of sp³-hybridized carbons (Fsp3) is 0.294. The van der Waals surface area contributed by atoms with Gasteiger partial charge in [0.05, 0.1) is 16.1 Å². The fourth-order valence-electron chi connectivity index (χ4n) is 2.73. The zero-order chi connectivity index (χ0) is 18.3. The number of anilines is 1. The largest absolute Gasteiger partial charge is 0.416 e. The second-order valence-corrected chi connectivity index (χ2v) is 7.65. The molecule has 0 atom stereocenters. The van der Waals surface area contributed by atoms with Crippen molar-refractivity contribution in [3.05, 3.63) is 58.7 Å². The Morgan fingerprint density at radius 3 is 2.00 bits per heavy atom. The number of hydrogen-bond donors (Lipinski definition) is 0. The summed E-state index contributed by atoms with van der Waals surface area (Å²) in [6, 6.07) is 7.74. The first kappa shape index (κ1) is 18.3. The van der Waals surface area contributed by atoms with Crippen molar-refractivity contribution in [2.24, 2.45) is 0 Å². The van der Waals surface area contributed by atoms with Gasteiger partial charge in [-0.1, -0.05) is 23.8 Å². The highest BCUT2D eigenvalue weighted by Crippen LogP contribution is 2.33. The van der Waals surface area contributed by atoms with Crippen molar-refractivity contribution in [2.75, 3.05) is 11.4 Å². The molecule has 7 heteroatoms. The van der Waals surface area contributed by atoms with Crippen LogP contribution in [0.25, 0.3) is 0 Å². The van der Waals surface area contributed by atoms with Crippen LogP contribution in [0.3, 0.4) is 0 Å². The number of alkyl halides is 3. The standard InChI is InChI=1S/C17H18F3NO2S/c1-11-8-12(2)16(13(3)9-11)24(22,23)21(4)15-7-5-6-14(10-15)17(18,19)20/h5-10H,1-4H3. The molecule has 0 aliphatic carbocycles. The SMILES string of the molecule is Cc1cc(C)c(S(=O)(=O)N(C)c2cccc(C(F)(F)F)c2)c(C)c1. The summed E-state index contributed by atoms with van der Waals surface area (Å²) in [6.45, 7) is 5.20. The molecule has 0 bridgehead atoms. The molecule has 0 aliphatic rings. The molecule has 0 radical (unpaired) electrons. The maximum atomic E-state index is 12.9. The fourth-order valence-corrected chi connectivity index (χ4v) is 4.32. The maximum absolute atomic E-state index is 12.9. The van der Waals surface area contributed by atoms with E-state index in [9.17, 15) is 21.6 Å². The normalized spacial score (nSPS) is 12.3. The van der Waals surface area contributed by atoms with E-state index in [0.717, 1.165) is 22.0 Å². The monoisotopic (exact) mass is 357 g/mol. The molecule has 0 amide bonds. The smallest absolute Gasteiger partial charge is 0.269 e. The van der Waals surface area contributed by atoms with Crippen molar-refractivity contribution < 1.29 is 21.6 Å². The lowest BCUT2D eigenvalue weighted by Crippen LogP contribution is -2.28. The summed E-state index contributed by atoms with van der Waals surface area (Å²) in [7, 11) is -2.71. The van der Waals surface area contributed by atoms with E-state index in [-0.39, 0.29) is 10.6 Å². The number of aryl methyl sites for hydroxylation is 3. The number of halogens is 3. The molecule has 2 aromatic carbocycles. The molecule has 0 heterocycles. The topological polar surface area (TPSA) is 37.4 Å². The van der Waals surface area contributed by atoms with Crippen LogP contribution in [-0.2, 0) is 16.2 Å². The highest BCUT2D eigenvalue weighted by Gasteiger charge is 2.32. The third-order valence-corrected chi connectivity index (χ3v) is 5.85. The average molecular weight is 357 g/mol. The molecule has 0 saturated heterocycles. The van der Waals surface area contributed by atoms with Gasteiger partial charge in [-0.15, -0.1) is 0 Å². The molecule has 2 aromatic rings. The Kier molecular flexibility index (Phi) is 4.68. The molecule has 0 fully saturated rings. The van der Waals surface area contributed by atoms with E-state index in [0.29, 0.717) is 11.1 Å². The minimum absolute atomic E-state index is 0.0378. The molecule has 0 aromatic heterocycles. The van der Waals surface area contributed by atoms with Gasteiger partial charge in [0.25, 0.3) is 10.0 Å².